The molecule has 0 unspecified atom stereocenters. The molecule has 2 amide bonds. The van der Waals surface area contributed by atoms with Gasteiger partial charge in [0.05, 0.1) is 19.7 Å². The van der Waals surface area contributed by atoms with Crippen molar-refractivity contribution in [3.05, 3.63) is 35.4 Å². The highest BCUT2D eigenvalue weighted by molar-refractivity contribution is 5.86. The molecule has 0 saturated carbocycles. The molecule has 8 nitrogen and oxygen atoms in total. The highest BCUT2D eigenvalue weighted by Gasteiger charge is 2.24. The summed E-state index contributed by atoms with van der Waals surface area (Å²) in [5.74, 6) is -0.924. The summed E-state index contributed by atoms with van der Waals surface area (Å²) in [4.78, 5) is 31.1. The molecular weight excluding hydrogens is 396 g/mol. The summed E-state index contributed by atoms with van der Waals surface area (Å²) in [5.41, 5.74) is 0.118. The third kappa shape index (κ3) is 7.16. The van der Waals surface area contributed by atoms with Crippen LogP contribution >= 0.6 is 0 Å². The summed E-state index contributed by atoms with van der Waals surface area (Å²) >= 11 is 0. The first-order chi connectivity index (χ1) is 14.3. The van der Waals surface area contributed by atoms with Gasteiger partial charge in [-0.2, -0.15) is 0 Å². The van der Waals surface area contributed by atoms with Crippen LogP contribution in [0, 0.1) is 11.6 Å². The predicted molar refractivity (Wildman–Crippen MR) is 109 cm³/mol. The van der Waals surface area contributed by atoms with Crippen molar-refractivity contribution in [1.82, 2.24) is 20.4 Å². The van der Waals surface area contributed by atoms with Gasteiger partial charge in [0, 0.05) is 38.8 Å². The van der Waals surface area contributed by atoms with E-state index in [9.17, 15) is 18.4 Å². The summed E-state index contributed by atoms with van der Waals surface area (Å²) < 4.78 is 32.3. The number of benzene rings is 1. The van der Waals surface area contributed by atoms with E-state index < -0.39 is 11.6 Å². The molecule has 1 saturated heterocycles. The number of nitrogens with one attached hydrogen (secondary N) is 2. The van der Waals surface area contributed by atoms with Gasteiger partial charge in [0.15, 0.2) is 5.96 Å². The molecule has 0 aromatic heterocycles. The SMILES string of the molecule is CCOC(=O)N1CCC(NC(=NCc2cc(F)ccc2F)NCC(=O)N(C)C)CC1. The van der Waals surface area contributed by atoms with Crippen molar-refractivity contribution < 1.29 is 23.1 Å². The minimum absolute atomic E-state index is 0.00609. The Hall–Kier alpha value is -2.91. The van der Waals surface area contributed by atoms with Crippen molar-refractivity contribution in [3.63, 3.8) is 0 Å². The quantitative estimate of drug-likeness (QED) is 0.535. The second kappa shape index (κ2) is 11.3. The number of likely N-dealkylation sites (N-methyl/N-ethyl adjacent to an activating group) is 1. The number of amides is 2. The molecule has 10 heteroatoms. The molecule has 1 aliphatic heterocycles. The first-order valence-electron chi connectivity index (χ1n) is 9.90. The maximum Gasteiger partial charge on any atom is 0.409 e. The second-order valence-electron chi connectivity index (χ2n) is 7.15. The number of nitrogens with zero attached hydrogens (tertiary/aromatic N) is 3. The molecule has 2 N–H and O–H groups in total. The normalized spacial score (nSPS) is 15.0. The maximum atomic E-state index is 13.9. The highest BCUT2D eigenvalue weighted by Crippen LogP contribution is 2.13. The van der Waals surface area contributed by atoms with Gasteiger partial charge in [0.25, 0.3) is 0 Å². The van der Waals surface area contributed by atoms with E-state index in [1.54, 1.807) is 25.9 Å². The van der Waals surface area contributed by atoms with Crippen molar-refractivity contribution in [2.24, 2.45) is 4.99 Å². The summed E-state index contributed by atoms with van der Waals surface area (Å²) in [6.45, 7) is 3.06. The summed E-state index contributed by atoms with van der Waals surface area (Å²) in [6, 6.07) is 3.21. The Kier molecular flexibility index (Phi) is 8.82. The fourth-order valence-corrected chi connectivity index (χ4v) is 2.91. The smallest absolute Gasteiger partial charge is 0.409 e. The van der Waals surface area contributed by atoms with Gasteiger partial charge in [-0.15, -0.1) is 0 Å². The van der Waals surface area contributed by atoms with E-state index in [1.165, 1.54) is 4.90 Å². The van der Waals surface area contributed by atoms with Gasteiger partial charge in [-0.3, -0.25) is 4.79 Å². The standard InChI is InChI=1S/C20H29F2N5O3/c1-4-30-20(29)27-9-7-16(8-10-27)25-19(24-13-18(28)26(2)3)23-12-14-11-15(21)5-6-17(14)22/h5-6,11,16H,4,7-10,12-13H2,1-3H3,(H2,23,24,25). The van der Waals surface area contributed by atoms with Crippen LogP contribution in [0.3, 0.4) is 0 Å². The van der Waals surface area contributed by atoms with Crippen molar-refractivity contribution >= 4 is 18.0 Å². The average Bonchev–Trinajstić information content (AvgIpc) is 2.72. The molecule has 2 rings (SSSR count). The van der Waals surface area contributed by atoms with Crippen LogP contribution in [0.4, 0.5) is 13.6 Å². The van der Waals surface area contributed by atoms with Gasteiger partial charge < -0.3 is 25.2 Å². The monoisotopic (exact) mass is 425 g/mol. The summed E-state index contributed by atoms with van der Waals surface area (Å²) in [6.07, 6.45) is 0.992. The number of carbonyl (C=O) groups is 2. The molecule has 1 aromatic rings. The Morgan fingerprint density at radius 2 is 1.97 bits per heavy atom. The van der Waals surface area contributed by atoms with Crippen LogP contribution in [0.5, 0.6) is 0 Å². The fourth-order valence-electron chi connectivity index (χ4n) is 2.91. The first-order valence-corrected chi connectivity index (χ1v) is 9.90. The van der Waals surface area contributed by atoms with E-state index in [0.29, 0.717) is 38.5 Å². The summed E-state index contributed by atoms with van der Waals surface area (Å²) in [7, 11) is 3.28. The Morgan fingerprint density at radius 1 is 1.27 bits per heavy atom. The van der Waals surface area contributed by atoms with Crippen LogP contribution < -0.4 is 10.6 Å². The Labute approximate surface area is 175 Å². The molecule has 1 aliphatic rings. The largest absolute Gasteiger partial charge is 0.450 e. The van der Waals surface area contributed by atoms with Crippen molar-refractivity contribution in [1.29, 1.82) is 0 Å². The number of aliphatic imine (C=N–C) groups is 1. The minimum Gasteiger partial charge on any atom is -0.450 e. The van der Waals surface area contributed by atoms with Crippen LogP contribution in [0.1, 0.15) is 25.3 Å². The number of piperidine rings is 1. The molecule has 0 spiro atoms. The molecule has 1 fully saturated rings. The number of guanidine groups is 1. The van der Waals surface area contributed by atoms with Crippen LogP contribution in [-0.2, 0) is 16.1 Å². The molecule has 0 aliphatic carbocycles. The zero-order valence-electron chi connectivity index (χ0n) is 17.6. The van der Waals surface area contributed by atoms with Crippen molar-refractivity contribution in [2.45, 2.75) is 32.4 Å². The minimum atomic E-state index is -0.549. The number of hydrogen-bond donors (Lipinski definition) is 2. The zero-order chi connectivity index (χ0) is 22.1. The molecule has 1 aromatic carbocycles. The number of hydrogen-bond acceptors (Lipinski definition) is 4. The molecule has 0 atom stereocenters. The van der Waals surface area contributed by atoms with E-state index in [2.05, 4.69) is 15.6 Å². The van der Waals surface area contributed by atoms with Gasteiger partial charge in [-0.1, -0.05) is 0 Å². The van der Waals surface area contributed by atoms with Crippen LogP contribution in [-0.4, -0.2) is 74.1 Å². The number of likely N-dealkylation sites (tertiary alicyclic amines) is 1. The molecule has 166 valence electrons. The number of ether oxygens (including phenoxy) is 1. The van der Waals surface area contributed by atoms with Gasteiger partial charge in [0.1, 0.15) is 11.6 Å². The predicted octanol–water partition coefficient (Wildman–Crippen LogP) is 1.71. The lowest BCUT2D eigenvalue weighted by atomic mass is 10.1. The highest BCUT2D eigenvalue weighted by atomic mass is 19.1. The van der Waals surface area contributed by atoms with Gasteiger partial charge in [-0.25, -0.2) is 18.6 Å². The third-order valence-electron chi connectivity index (χ3n) is 4.68. The zero-order valence-corrected chi connectivity index (χ0v) is 17.6. The third-order valence-corrected chi connectivity index (χ3v) is 4.68. The van der Waals surface area contributed by atoms with Crippen molar-refractivity contribution in [3.8, 4) is 0 Å². The lowest BCUT2D eigenvalue weighted by molar-refractivity contribution is -0.127. The van der Waals surface area contributed by atoms with Crippen LogP contribution in [0.15, 0.2) is 23.2 Å². The van der Waals surface area contributed by atoms with Gasteiger partial charge >= 0.3 is 6.09 Å². The van der Waals surface area contributed by atoms with E-state index in [4.69, 9.17) is 4.74 Å². The summed E-state index contributed by atoms with van der Waals surface area (Å²) in [5, 5.41) is 6.15. The Morgan fingerprint density at radius 3 is 2.60 bits per heavy atom. The molecule has 0 radical (unpaired) electrons. The second-order valence-corrected chi connectivity index (χ2v) is 7.15. The molecule has 30 heavy (non-hydrogen) atoms. The number of carbonyl (C=O) groups excluding carboxylic acids is 2. The van der Waals surface area contributed by atoms with Gasteiger partial charge in [0.2, 0.25) is 5.91 Å². The lowest BCUT2D eigenvalue weighted by Gasteiger charge is -2.32. The fraction of sp³-hybridized carbons (Fsp3) is 0.550. The van der Waals surface area contributed by atoms with Crippen LogP contribution in [0.25, 0.3) is 0 Å². The maximum absolute atomic E-state index is 13.9. The average molecular weight is 425 g/mol. The lowest BCUT2D eigenvalue weighted by Crippen LogP contribution is -2.51. The van der Waals surface area contributed by atoms with Gasteiger partial charge in [-0.05, 0) is 38.0 Å². The number of halogens is 2. The Balaban J connectivity index is 2.02. The van der Waals surface area contributed by atoms with E-state index >= 15 is 0 Å². The topological polar surface area (TPSA) is 86.3 Å². The first kappa shape index (κ1) is 23.4. The van der Waals surface area contributed by atoms with Crippen LogP contribution in [0.2, 0.25) is 0 Å². The Bertz CT molecular complexity index is 765. The van der Waals surface area contributed by atoms with E-state index in [-0.39, 0.29) is 36.7 Å². The molecule has 1 heterocycles. The van der Waals surface area contributed by atoms with E-state index in [0.717, 1.165) is 18.2 Å². The van der Waals surface area contributed by atoms with Crippen molar-refractivity contribution in [2.75, 3.05) is 40.3 Å². The molecule has 0 bridgehead atoms. The molecular formula is C20H29F2N5O3. The number of rotatable bonds is 6. The van der Waals surface area contributed by atoms with E-state index in [1.807, 2.05) is 0 Å².